The molecule has 5 nitrogen and oxygen atoms in total. The van der Waals surface area contributed by atoms with E-state index in [4.69, 9.17) is 4.74 Å². The van der Waals surface area contributed by atoms with Gasteiger partial charge in [-0.1, -0.05) is 36.4 Å². The van der Waals surface area contributed by atoms with Crippen LogP contribution in [0, 0.1) is 6.92 Å². The van der Waals surface area contributed by atoms with Crippen LogP contribution >= 0.6 is 0 Å². The Kier molecular flexibility index (Phi) is 4.84. The number of para-hydroxylation sites is 1. The fraction of sp³-hybridized carbons (Fsp3) is 0.200. The molecule has 25 heavy (non-hydrogen) atoms. The number of ether oxygens (including phenoxy) is 1. The summed E-state index contributed by atoms with van der Waals surface area (Å²) in [5.41, 5.74) is 2.61. The number of hydrogen-bond donors (Lipinski definition) is 1. The van der Waals surface area contributed by atoms with Crippen molar-refractivity contribution in [3.8, 4) is 5.75 Å². The van der Waals surface area contributed by atoms with Crippen molar-refractivity contribution in [2.24, 2.45) is 7.05 Å². The first-order valence-electron chi connectivity index (χ1n) is 8.08. The van der Waals surface area contributed by atoms with Crippen molar-refractivity contribution in [2.75, 3.05) is 7.11 Å². The summed E-state index contributed by atoms with van der Waals surface area (Å²) >= 11 is 0. The van der Waals surface area contributed by atoms with Gasteiger partial charge in [0.25, 0.3) is 5.91 Å². The Labute approximate surface area is 147 Å². The Morgan fingerprint density at radius 2 is 1.88 bits per heavy atom. The van der Waals surface area contributed by atoms with Crippen LogP contribution in [-0.2, 0) is 7.05 Å². The molecule has 128 valence electrons. The van der Waals surface area contributed by atoms with Crippen molar-refractivity contribution >= 4 is 5.91 Å². The van der Waals surface area contributed by atoms with Gasteiger partial charge in [-0.3, -0.25) is 4.79 Å². The molecule has 0 saturated heterocycles. The van der Waals surface area contributed by atoms with Crippen LogP contribution in [0.25, 0.3) is 0 Å². The summed E-state index contributed by atoms with van der Waals surface area (Å²) < 4.78 is 7.23. The first kappa shape index (κ1) is 16.8. The maximum Gasteiger partial charge on any atom is 0.255 e. The van der Waals surface area contributed by atoms with E-state index in [0.29, 0.717) is 11.3 Å². The van der Waals surface area contributed by atoms with Crippen LogP contribution in [0.4, 0.5) is 0 Å². The molecule has 1 amide bonds. The minimum Gasteiger partial charge on any atom is -0.496 e. The summed E-state index contributed by atoms with van der Waals surface area (Å²) in [6, 6.07) is 14.8. The van der Waals surface area contributed by atoms with Crippen LogP contribution in [0.2, 0.25) is 0 Å². The lowest BCUT2D eigenvalue weighted by Crippen LogP contribution is -2.31. The number of imidazole rings is 1. The molecule has 1 N–H and O–H groups in total. The van der Waals surface area contributed by atoms with Gasteiger partial charge in [0.15, 0.2) is 0 Å². The highest BCUT2D eigenvalue weighted by atomic mass is 16.5. The van der Waals surface area contributed by atoms with Gasteiger partial charge in [0.2, 0.25) is 0 Å². The first-order valence-corrected chi connectivity index (χ1v) is 8.08. The lowest BCUT2D eigenvalue weighted by Gasteiger charge is -2.21. The second kappa shape index (κ2) is 7.21. The van der Waals surface area contributed by atoms with Gasteiger partial charge in [0, 0.05) is 19.4 Å². The van der Waals surface area contributed by atoms with Crippen molar-refractivity contribution in [1.82, 2.24) is 14.9 Å². The van der Waals surface area contributed by atoms with Gasteiger partial charge in [0.1, 0.15) is 17.6 Å². The number of aryl methyl sites for hydroxylation is 2. The number of hydrogen-bond acceptors (Lipinski definition) is 3. The van der Waals surface area contributed by atoms with Crippen LogP contribution in [0.1, 0.15) is 33.4 Å². The van der Waals surface area contributed by atoms with Gasteiger partial charge >= 0.3 is 0 Å². The number of carbonyl (C=O) groups excluding carboxylic acids is 1. The van der Waals surface area contributed by atoms with Crippen molar-refractivity contribution in [1.29, 1.82) is 0 Å². The van der Waals surface area contributed by atoms with E-state index in [9.17, 15) is 4.79 Å². The molecule has 1 unspecified atom stereocenters. The number of nitrogens with zero attached hydrogens (tertiary/aromatic N) is 2. The lowest BCUT2D eigenvalue weighted by atomic mass is 10.00. The fourth-order valence-corrected chi connectivity index (χ4v) is 2.89. The van der Waals surface area contributed by atoms with Crippen molar-refractivity contribution < 1.29 is 9.53 Å². The number of benzene rings is 2. The molecule has 5 heteroatoms. The van der Waals surface area contributed by atoms with Gasteiger partial charge in [-0.05, 0) is 30.2 Å². The van der Waals surface area contributed by atoms with Crippen LogP contribution in [-0.4, -0.2) is 22.6 Å². The first-order chi connectivity index (χ1) is 12.1. The zero-order valence-electron chi connectivity index (χ0n) is 14.6. The van der Waals surface area contributed by atoms with Crippen molar-refractivity contribution in [3.63, 3.8) is 0 Å². The van der Waals surface area contributed by atoms with E-state index < -0.39 is 0 Å². The quantitative estimate of drug-likeness (QED) is 0.779. The zero-order valence-corrected chi connectivity index (χ0v) is 14.6. The monoisotopic (exact) mass is 335 g/mol. The summed E-state index contributed by atoms with van der Waals surface area (Å²) in [7, 11) is 3.48. The maximum absolute atomic E-state index is 12.9. The molecule has 0 aliphatic rings. The molecule has 0 fully saturated rings. The van der Waals surface area contributed by atoms with Crippen molar-refractivity contribution in [2.45, 2.75) is 13.0 Å². The Morgan fingerprint density at radius 3 is 2.56 bits per heavy atom. The van der Waals surface area contributed by atoms with Crippen LogP contribution in [0.3, 0.4) is 0 Å². The second-order valence-corrected chi connectivity index (χ2v) is 5.86. The number of rotatable bonds is 5. The number of amides is 1. The average molecular weight is 335 g/mol. The topological polar surface area (TPSA) is 56.1 Å². The summed E-state index contributed by atoms with van der Waals surface area (Å²) in [6.07, 6.45) is 3.60. The molecular weight excluding hydrogens is 314 g/mol. The highest BCUT2D eigenvalue weighted by molar-refractivity contribution is 5.97. The Hall–Kier alpha value is -3.08. The highest BCUT2D eigenvalue weighted by Gasteiger charge is 2.23. The SMILES string of the molecule is COc1ccccc1C(=O)NC(c1ccccc1C)c1nccn1C. The Balaban J connectivity index is 2.00. The van der Waals surface area contributed by atoms with Crippen LogP contribution in [0.5, 0.6) is 5.75 Å². The van der Waals surface area contributed by atoms with E-state index in [-0.39, 0.29) is 11.9 Å². The lowest BCUT2D eigenvalue weighted by molar-refractivity contribution is 0.0938. The average Bonchev–Trinajstić information content (AvgIpc) is 3.06. The second-order valence-electron chi connectivity index (χ2n) is 5.86. The largest absolute Gasteiger partial charge is 0.496 e. The highest BCUT2D eigenvalue weighted by Crippen LogP contribution is 2.25. The van der Waals surface area contributed by atoms with Crippen LogP contribution in [0.15, 0.2) is 60.9 Å². The fourth-order valence-electron chi connectivity index (χ4n) is 2.89. The number of nitrogens with one attached hydrogen (secondary N) is 1. The van der Waals surface area contributed by atoms with E-state index >= 15 is 0 Å². The molecule has 2 aromatic carbocycles. The molecule has 0 bridgehead atoms. The summed E-state index contributed by atoms with van der Waals surface area (Å²) in [6.45, 7) is 2.03. The number of methoxy groups -OCH3 is 1. The molecule has 1 aromatic heterocycles. The third-order valence-corrected chi connectivity index (χ3v) is 4.24. The molecule has 0 radical (unpaired) electrons. The predicted octanol–water partition coefficient (Wildman–Crippen LogP) is 3.26. The molecule has 3 rings (SSSR count). The van der Waals surface area contributed by atoms with E-state index in [0.717, 1.165) is 17.0 Å². The minimum absolute atomic E-state index is 0.200. The van der Waals surface area contributed by atoms with E-state index in [2.05, 4.69) is 10.3 Å². The molecule has 0 aliphatic heterocycles. The number of carbonyl (C=O) groups is 1. The minimum atomic E-state index is -0.349. The summed E-state index contributed by atoms with van der Waals surface area (Å²) in [4.78, 5) is 17.3. The predicted molar refractivity (Wildman–Crippen MR) is 96.7 cm³/mol. The third kappa shape index (κ3) is 3.40. The number of aromatic nitrogens is 2. The van der Waals surface area contributed by atoms with Gasteiger partial charge in [-0.25, -0.2) is 4.98 Å². The molecule has 0 saturated carbocycles. The van der Waals surface area contributed by atoms with Gasteiger partial charge < -0.3 is 14.6 Å². The molecule has 0 aliphatic carbocycles. The van der Waals surface area contributed by atoms with E-state index in [1.165, 1.54) is 0 Å². The maximum atomic E-state index is 12.9. The van der Waals surface area contributed by atoms with E-state index in [1.54, 1.807) is 25.4 Å². The van der Waals surface area contributed by atoms with Gasteiger partial charge in [0.05, 0.1) is 12.7 Å². The molecule has 1 atom stereocenters. The standard InChI is InChI=1S/C20H21N3O2/c1-14-8-4-5-9-15(14)18(19-21-12-13-23(19)2)22-20(24)16-10-6-7-11-17(16)25-3/h4-13,18H,1-3H3,(H,22,24). The van der Waals surface area contributed by atoms with Crippen molar-refractivity contribution in [3.05, 3.63) is 83.4 Å². The van der Waals surface area contributed by atoms with Crippen LogP contribution < -0.4 is 10.1 Å². The Bertz CT molecular complexity index is 886. The third-order valence-electron chi connectivity index (χ3n) is 4.24. The molecule has 0 spiro atoms. The van der Waals surface area contributed by atoms with E-state index in [1.807, 2.05) is 61.1 Å². The molecule has 3 aromatic rings. The Morgan fingerprint density at radius 1 is 1.16 bits per heavy atom. The molecular formula is C20H21N3O2. The molecule has 1 heterocycles. The van der Waals surface area contributed by atoms with Gasteiger partial charge in [-0.2, -0.15) is 0 Å². The zero-order chi connectivity index (χ0) is 17.8. The van der Waals surface area contributed by atoms with Gasteiger partial charge in [-0.15, -0.1) is 0 Å². The summed E-state index contributed by atoms with van der Waals surface area (Å²) in [5.74, 6) is 1.12. The smallest absolute Gasteiger partial charge is 0.255 e. The normalized spacial score (nSPS) is 11.8. The summed E-state index contributed by atoms with van der Waals surface area (Å²) in [5, 5.41) is 3.11.